The molecule has 3 heterocycles. The fourth-order valence-electron chi connectivity index (χ4n) is 2.45. The molecule has 0 unspecified atom stereocenters. The lowest BCUT2D eigenvalue weighted by Crippen LogP contribution is -2.30. The molecule has 7 nitrogen and oxygen atoms in total. The molecule has 0 saturated carbocycles. The van der Waals surface area contributed by atoms with E-state index in [1.165, 1.54) is 22.2 Å². The molecule has 0 saturated heterocycles. The molecule has 124 valence electrons. The van der Waals surface area contributed by atoms with Gasteiger partial charge in [0.2, 0.25) is 6.79 Å². The zero-order chi connectivity index (χ0) is 16.5. The monoisotopic (exact) mass is 346 g/mol. The van der Waals surface area contributed by atoms with E-state index < -0.39 is 6.10 Å². The highest BCUT2D eigenvalue weighted by atomic mass is 32.1. The summed E-state index contributed by atoms with van der Waals surface area (Å²) in [5, 5.41) is 12.0. The van der Waals surface area contributed by atoms with Crippen molar-refractivity contribution in [2.24, 2.45) is 0 Å². The molecule has 1 aliphatic rings. The van der Waals surface area contributed by atoms with Crippen LogP contribution in [0.4, 0.5) is 0 Å². The van der Waals surface area contributed by atoms with E-state index in [4.69, 9.17) is 14.2 Å². The largest absolute Gasteiger partial charge is 0.491 e. The highest BCUT2D eigenvalue weighted by Gasteiger charge is 2.15. The second-order valence-electron chi connectivity index (χ2n) is 5.32. The molecule has 1 N–H and O–H groups in total. The number of hydrogen-bond donors (Lipinski definition) is 1. The maximum atomic E-state index is 12.3. The molecule has 24 heavy (non-hydrogen) atoms. The molecular formula is C16H14N2O5S. The van der Waals surface area contributed by atoms with E-state index in [2.05, 4.69) is 4.98 Å². The van der Waals surface area contributed by atoms with Gasteiger partial charge in [-0.15, -0.1) is 11.3 Å². The second-order valence-corrected chi connectivity index (χ2v) is 6.23. The van der Waals surface area contributed by atoms with Gasteiger partial charge < -0.3 is 19.3 Å². The Balaban J connectivity index is 1.41. The van der Waals surface area contributed by atoms with Gasteiger partial charge in [0.05, 0.1) is 18.4 Å². The Morgan fingerprint density at radius 1 is 1.33 bits per heavy atom. The number of fused-ring (bicyclic) bond motifs is 2. The molecule has 0 amide bonds. The van der Waals surface area contributed by atoms with Gasteiger partial charge in [-0.3, -0.25) is 9.36 Å². The van der Waals surface area contributed by atoms with Crippen molar-refractivity contribution >= 4 is 21.6 Å². The van der Waals surface area contributed by atoms with Gasteiger partial charge in [-0.05, 0) is 23.6 Å². The molecule has 2 aromatic heterocycles. The molecule has 0 bridgehead atoms. The van der Waals surface area contributed by atoms with Crippen LogP contribution in [-0.2, 0) is 6.54 Å². The van der Waals surface area contributed by atoms with Crippen molar-refractivity contribution in [2.75, 3.05) is 13.4 Å². The SMILES string of the molecule is O=c1c2sccc2ncn1C[C@H](O)COc1ccc2c(c1)OCO2. The minimum Gasteiger partial charge on any atom is -0.491 e. The van der Waals surface area contributed by atoms with Crippen LogP contribution in [0.15, 0.2) is 40.8 Å². The fraction of sp³-hybridized carbons (Fsp3) is 0.250. The topological polar surface area (TPSA) is 82.8 Å². The van der Waals surface area contributed by atoms with Gasteiger partial charge in [0.15, 0.2) is 11.5 Å². The van der Waals surface area contributed by atoms with E-state index in [0.717, 1.165) is 0 Å². The molecule has 0 spiro atoms. The van der Waals surface area contributed by atoms with Crippen molar-refractivity contribution in [3.05, 3.63) is 46.3 Å². The highest BCUT2D eigenvalue weighted by Crippen LogP contribution is 2.35. The quantitative estimate of drug-likeness (QED) is 0.756. The molecule has 4 rings (SSSR count). The predicted molar refractivity (Wildman–Crippen MR) is 87.9 cm³/mol. The van der Waals surface area contributed by atoms with Crippen LogP contribution in [0, 0.1) is 0 Å². The van der Waals surface area contributed by atoms with Gasteiger partial charge >= 0.3 is 0 Å². The van der Waals surface area contributed by atoms with Crippen LogP contribution in [0.2, 0.25) is 0 Å². The van der Waals surface area contributed by atoms with Crippen LogP contribution >= 0.6 is 11.3 Å². The van der Waals surface area contributed by atoms with Gasteiger partial charge in [-0.1, -0.05) is 0 Å². The summed E-state index contributed by atoms with van der Waals surface area (Å²) in [6.45, 7) is 0.362. The molecular weight excluding hydrogens is 332 g/mol. The fourth-order valence-corrected chi connectivity index (χ4v) is 3.24. The third kappa shape index (κ3) is 2.81. The van der Waals surface area contributed by atoms with Crippen LogP contribution in [0.3, 0.4) is 0 Å². The summed E-state index contributed by atoms with van der Waals surface area (Å²) in [5.74, 6) is 1.85. The molecule has 0 aliphatic carbocycles. The van der Waals surface area contributed by atoms with Crippen LogP contribution in [-0.4, -0.2) is 34.2 Å². The minimum atomic E-state index is -0.840. The first-order valence-corrected chi connectivity index (χ1v) is 8.22. The number of benzene rings is 1. The smallest absolute Gasteiger partial charge is 0.271 e. The van der Waals surface area contributed by atoms with E-state index in [1.807, 2.05) is 5.38 Å². The summed E-state index contributed by atoms with van der Waals surface area (Å²) in [5.41, 5.74) is 0.518. The average Bonchev–Trinajstić information content (AvgIpc) is 3.24. The number of aliphatic hydroxyl groups is 1. The Bertz CT molecular complexity index is 936. The highest BCUT2D eigenvalue weighted by molar-refractivity contribution is 7.17. The number of nitrogens with zero attached hydrogens (tertiary/aromatic N) is 2. The van der Waals surface area contributed by atoms with Crippen LogP contribution in [0.25, 0.3) is 10.2 Å². The summed E-state index contributed by atoms with van der Waals surface area (Å²) in [4.78, 5) is 16.5. The molecule has 1 aromatic carbocycles. The lowest BCUT2D eigenvalue weighted by atomic mass is 10.3. The van der Waals surface area contributed by atoms with Gasteiger partial charge in [0, 0.05) is 6.07 Å². The van der Waals surface area contributed by atoms with Crippen molar-refractivity contribution in [3.63, 3.8) is 0 Å². The lowest BCUT2D eigenvalue weighted by Gasteiger charge is -2.14. The Kier molecular flexibility index (Phi) is 3.83. The first-order chi connectivity index (χ1) is 11.7. The Morgan fingerprint density at radius 2 is 2.21 bits per heavy atom. The summed E-state index contributed by atoms with van der Waals surface area (Å²) in [6, 6.07) is 7.00. The maximum Gasteiger partial charge on any atom is 0.271 e. The van der Waals surface area contributed by atoms with E-state index in [9.17, 15) is 9.90 Å². The molecule has 1 atom stereocenters. The second kappa shape index (κ2) is 6.14. The number of aliphatic hydroxyl groups excluding tert-OH is 1. The van der Waals surface area contributed by atoms with E-state index >= 15 is 0 Å². The minimum absolute atomic E-state index is 0.0502. The summed E-state index contributed by atoms with van der Waals surface area (Å²) in [6.07, 6.45) is 0.605. The molecule has 3 aromatic rings. The lowest BCUT2D eigenvalue weighted by molar-refractivity contribution is 0.0913. The number of aromatic nitrogens is 2. The average molecular weight is 346 g/mol. The van der Waals surface area contributed by atoms with Crippen LogP contribution < -0.4 is 19.8 Å². The Hall–Kier alpha value is -2.58. The predicted octanol–water partition coefficient (Wildman–Crippen LogP) is 1.63. The summed E-state index contributed by atoms with van der Waals surface area (Å²) < 4.78 is 18.0. The first kappa shape index (κ1) is 15.0. The van der Waals surface area contributed by atoms with Crippen molar-refractivity contribution < 1.29 is 19.3 Å². The molecule has 0 radical (unpaired) electrons. The van der Waals surface area contributed by atoms with Crippen LogP contribution in [0.5, 0.6) is 17.2 Å². The Labute approximate surface area is 140 Å². The number of ether oxygens (including phenoxy) is 3. The van der Waals surface area contributed by atoms with Crippen molar-refractivity contribution in [2.45, 2.75) is 12.6 Å². The summed E-state index contributed by atoms with van der Waals surface area (Å²) >= 11 is 1.34. The molecule has 1 aliphatic heterocycles. The van der Waals surface area contributed by atoms with Crippen LogP contribution in [0.1, 0.15) is 0 Å². The first-order valence-electron chi connectivity index (χ1n) is 7.34. The van der Waals surface area contributed by atoms with Gasteiger partial charge in [0.25, 0.3) is 5.56 Å². The third-order valence-electron chi connectivity index (χ3n) is 3.63. The standard InChI is InChI=1S/C16H14N2O5S/c19-10(6-18-8-17-12-3-4-24-15(12)16(18)20)7-21-11-1-2-13-14(5-11)23-9-22-13/h1-5,8,10,19H,6-7,9H2/t10-/m0/s1. The summed E-state index contributed by atoms with van der Waals surface area (Å²) in [7, 11) is 0. The van der Waals surface area contributed by atoms with Gasteiger partial charge in [-0.2, -0.15) is 0 Å². The number of hydrogen-bond acceptors (Lipinski definition) is 7. The molecule has 0 fully saturated rings. The third-order valence-corrected chi connectivity index (χ3v) is 4.52. The van der Waals surface area contributed by atoms with E-state index in [0.29, 0.717) is 27.5 Å². The zero-order valence-corrected chi connectivity index (χ0v) is 13.4. The number of thiophene rings is 1. The van der Waals surface area contributed by atoms with E-state index in [-0.39, 0.29) is 25.5 Å². The maximum absolute atomic E-state index is 12.3. The number of rotatable bonds is 5. The van der Waals surface area contributed by atoms with Crippen molar-refractivity contribution in [3.8, 4) is 17.2 Å². The van der Waals surface area contributed by atoms with Gasteiger partial charge in [0.1, 0.15) is 23.2 Å². The van der Waals surface area contributed by atoms with Gasteiger partial charge in [-0.25, -0.2) is 4.98 Å². The van der Waals surface area contributed by atoms with E-state index in [1.54, 1.807) is 24.3 Å². The van der Waals surface area contributed by atoms with Crippen molar-refractivity contribution in [1.82, 2.24) is 9.55 Å². The van der Waals surface area contributed by atoms with Crippen molar-refractivity contribution in [1.29, 1.82) is 0 Å². The Morgan fingerprint density at radius 3 is 3.12 bits per heavy atom. The molecule has 8 heteroatoms. The zero-order valence-electron chi connectivity index (χ0n) is 12.5. The normalized spacial score (nSPS) is 14.0.